The SMILES string of the molecule is CNCc1nnnn1Cc1cc(C)c(F)c(C)c1. The molecule has 0 saturated heterocycles. The van der Waals surface area contributed by atoms with Gasteiger partial charge in [-0.15, -0.1) is 5.10 Å². The zero-order valence-corrected chi connectivity index (χ0v) is 10.7. The maximum absolute atomic E-state index is 13.5. The summed E-state index contributed by atoms with van der Waals surface area (Å²) in [6.45, 7) is 4.68. The minimum Gasteiger partial charge on any atom is -0.313 e. The number of halogens is 1. The number of nitrogens with zero attached hydrogens (tertiary/aromatic N) is 4. The summed E-state index contributed by atoms with van der Waals surface area (Å²) >= 11 is 0. The molecule has 0 fully saturated rings. The van der Waals surface area contributed by atoms with E-state index in [0.29, 0.717) is 24.2 Å². The summed E-state index contributed by atoms with van der Waals surface area (Å²) in [5, 5.41) is 14.5. The molecule has 0 aliphatic heterocycles. The number of hydrogen-bond donors (Lipinski definition) is 1. The van der Waals surface area contributed by atoms with Gasteiger partial charge < -0.3 is 5.32 Å². The number of benzene rings is 1. The van der Waals surface area contributed by atoms with Gasteiger partial charge in [-0.05, 0) is 48.0 Å². The van der Waals surface area contributed by atoms with Crippen LogP contribution in [0.25, 0.3) is 0 Å². The third kappa shape index (κ3) is 2.53. The van der Waals surface area contributed by atoms with Gasteiger partial charge in [0.25, 0.3) is 0 Å². The van der Waals surface area contributed by atoms with Crippen LogP contribution in [-0.2, 0) is 13.1 Å². The Morgan fingerprint density at radius 3 is 2.56 bits per heavy atom. The van der Waals surface area contributed by atoms with Crippen LogP contribution in [0.1, 0.15) is 22.5 Å². The predicted octanol–water partition coefficient (Wildman–Crippen LogP) is 1.20. The molecule has 1 heterocycles. The van der Waals surface area contributed by atoms with Crippen LogP contribution in [-0.4, -0.2) is 27.3 Å². The van der Waals surface area contributed by atoms with Gasteiger partial charge in [0.05, 0.1) is 13.1 Å². The molecule has 0 unspecified atom stereocenters. The van der Waals surface area contributed by atoms with Crippen LogP contribution in [0.5, 0.6) is 0 Å². The van der Waals surface area contributed by atoms with Crippen molar-refractivity contribution in [3.05, 3.63) is 40.5 Å². The fourth-order valence-electron chi connectivity index (χ4n) is 1.93. The van der Waals surface area contributed by atoms with Crippen LogP contribution in [0.3, 0.4) is 0 Å². The second-order valence-corrected chi connectivity index (χ2v) is 4.33. The number of hydrogen-bond acceptors (Lipinski definition) is 4. The molecule has 2 rings (SSSR count). The third-order valence-electron chi connectivity index (χ3n) is 2.77. The van der Waals surface area contributed by atoms with E-state index in [1.54, 1.807) is 18.5 Å². The molecule has 0 amide bonds. The first-order chi connectivity index (χ1) is 8.61. The maximum atomic E-state index is 13.5. The molecule has 0 bridgehead atoms. The summed E-state index contributed by atoms with van der Waals surface area (Å²) in [6, 6.07) is 3.65. The van der Waals surface area contributed by atoms with Crippen LogP contribution in [0.4, 0.5) is 4.39 Å². The van der Waals surface area contributed by atoms with E-state index in [1.165, 1.54) is 0 Å². The standard InChI is InChI=1S/C12H16FN5/c1-8-4-10(5-9(2)12(8)13)7-18-11(6-14-3)15-16-17-18/h4-5,14H,6-7H2,1-3H3. The van der Waals surface area contributed by atoms with E-state index in [-0.39, 0.29) is 5.82 Å². The third-order valence-corrected chi connectivity index (χ3v) is 2.77. The molecule has 2 aromatic rings. The lowest BCUT2D eigenvalue weighted by Crippen LogP contribution is -2.14. The van der Waals surface area contributed by atoms with Crippen molar-refractivity contribution in [2.75, 3.05) is 7.05 Å². The molecule has 0 atom stereocenters. The fraction of sp³-hybridized carbons (Fsp3) is 0.417. The Labute approximate surface area is 105 Å². The lowest BCUT2D eigenvalue weighted by molar-refractivity contribution is 0.590. The van der Waals surface area contributed by atoms with E-state index in [4.69, 9.17) is 0 Å². The van der Waals surface area contributed by atoms with Crippen molar-refractivity contribution in [1.82, 2.24) is 25.5 Å². The molecular formula is C12H16FN5. The summed E-state index contributed by atoms with van der Waals surface area (Å²) in [5.41, 5.74) is 2.29. The number of tetrazole rings is 1. The van der Waals surface area contributed by atoms with E-state index < -0.39 is 0 Å². The van der Waals surface area contributed by atoms with Crippen LogP contribution in [0.15, 0.2) is 12.1 Å². The molecule has 0 aliphatic rings. The normalized spacial score (nSPS) is 10.9. The van der Waals surface area contributed by atoms with Gasteiger partial charge in [0.2, 0.25) is 0 Å². The molecular weight excluding hydrogens is 233 g/mol. The first-order valence-electron chi connectivity index (χ1n) is 5.77. The second kappa shape index (κ2) is 5.22. The summed E-state index contributed by atoms with van der Waals surface area (Å²) in [6.07, 6.45) is 0. The lowest BCUT2D eigenvalue weighted by atomic mass is 10.1. The number of nitrogens with one attached hydrogen (secondary N) is 1. The highest BCUT2D eigenvalue weighted by molar-refractivity contribution is 5.30. The molecule has 5 nitrogen and oxygen atoms in total. The van der Waals surface area contributed by atoms with Crippen molar-refractivity contribution in [3.63, 3.8) is 0 Å². The van der Waals surface area contributed by atoms with Crippen molar-refractivity contribution in [2.45, 2.75) is 26.9 Å². The maximum Gasteiger partial charge on any atom is 0.165 e. The fourth-order valence-corrected chi connectivity index (χ4v) is 1.93. The first kappa shape index (κ1) is 12.6. The van der Waals surface area contributed by atoms with Crippen molar-refractivity contribution in [1.29, 1.82) is 0 Å². The van der Waals surface area contributed by atoms with Crippen molar-refractivity contribution < 1.29 is 4.39 Å². The molecule has 1 aromatic carbocycles. The molecule has 1 aromatic heterocycles. The van der Waals surface area contributed by atoms with Crippen molar-refractivity contribution in [2.24, 2.45) is 0 Å². The first-order valence-corrected chi connectivity index (χ1v) is 5.77. The van der Waals surface area contributed by atoms with E-state index in [9.17, 15) is 4.39 Å². The van der Waals surface area contributed by atoms with Crippen LogP contribution >= 0.6 is 0 Å². The molecule has 6 heteroatoms. The van der Waals surface area contributed by atoms with Gasteiger partial charge in [-0.1, -0.05) is 12.1 Å². The van der Waals surface area contributed by atoms with Crippen LogP contribution < -0.4 is 5.32 Å². The van der Waals surface area contributed by atoms with E-state index >= 15 is 0 Å². The van der Waals surface area contributed by atoms with Crippen LogP contribution in [0.2, 0.25) is 0 Å². The zero-order chi connectivity index (χ0) is 13.1. The van der Waals surface area contributed by atoms with E-state index in [0.717, 1.165) is 11.4 Å². The Morgan fingerprint density at radius 2 is 1.94 bits per heavy atom. The van der Waals surface area contributed by atoms with E-state index in [2.05, 4.69) is 20.8 Å². The highest BCUT2D eigenvalue weighted by Gasteiger charge is 2.08. The Kier molecular flexibility index (Phi) is 3.66. The van der Waals surface area contributed by atoms with Gasteiger partial charge in [0.1, 0.15) is 5.82 Å². The molecule has 0 saturated carbocycles. The van der Waals surface area contributed by atoms with Gasteiger partial charge in [-0.3, -0.25) is 0 Å². The summed E-state index contributed by atoms with van der Waals surface area (Å²) in [7, 11) is 1.84. The number of aryl methyl sites for hydroxylation is 2. The van der Waals surface area contributed by atoms with Crippen molar-refractivity contribution >= 4 is 0 Å². The van der Waals surface area contributed by atoms with Gasteiger partial charge in [-0.25, -0.2) is 9.07 Å². The topological polar surface area (TPSA) is 55.6 Å². The Balaban J connectivity index is 2.26. The highest BCUT2D eigenvalue weighted by Crippen LogP contribution is 2.15. The van der Waals surface area contributed by atoms with Crippen molar-refractivity contribution in [3.8, 4) is 0 Å². The molecule has 18 heavy (non-hydrogen) atoms. The quantitative estimate of drug-likeness (QED) is 0.884. The molecule has 0 radical (unpaired) electrons. The summed E-state index contributed by atoms with van der Waals surface area (Å²) in [4.78, 5) is 0. The second-order valence-electron chi connectivity index (χ2n) is 4.33. The Bertz CT molecular complexity index is 526. The molecule has 96 valence electrons. The summed E-state index contributed by atoms with van der Waals surface area (Å²) < 4.78 is 15.2. The monoisotopic (exact) mass is 249 g/mol. The largest absolute Gasteiger partial charge is 0.313 e. The zero-order valence-electron chi connectivity index (χ0n) is 10.7. The average Bonchev–Trinajstić information content (AvgIpc) is 2.74. The van der Waals surface area contributed by atoms with Crippen LogP contribution in [0, 0.1) is 19.7 Å². The lowest BCUT2D eigenvalue weighted by Gasteiger charge is -2.08. The van der Waals surface area contributed by atoms with Gasteiger partial charge in [0, 0.05) is 0 Å². The van der Waals surface area contributed by atoms with Gasteiger partial charge >= 0.3 is 0 Å². The number of aromatic nitrogens is 4. The predicted molar refractivity (Wildman–Crippen MR) is 65.6 cm³/mol. The van der Waals surface area contributed by atoms with E-state index in [1.807, 2.05) is 19.2 Å². The minimum atomic E-state index is -0.147. The average molecular weight is 249 g/mol. The van der Waals surface area contributed by atoms with Gasteiger partial charge in [-0.2, -0.15) is 0 Å². The summed E-state index contributed by atoms with van der Waals surface area (Å²) in [5.74, 6) is 0.614. The Morgan fingerprint density at radius 1 is 1.28 bits per heavy atom. The molecule has 0 aliphatic carbocycles. The van der Waals surface area contributed by atoms with Gasteiger partial charge in [0.15, 0.2) is 5.82 Å². The minimum absolute atomic E-state index is 0.147. The number of rotatable bonds is 4. The smallest absolute Gasteiger partial charge is 0.165 e. The Hall–Kier alpha value is -1.82. The highest BCUT2D eigenvalue weighted by atomic mass is 19.1. The molecule has 1 N–H and O–H groups in total. The molecule has 0 spiro atoms.